The van der Waals surface area contributed by atoms with E-state index in [1.807, 2.05) is 0 Å². The molecule has 1 amide bonds. The highest BCUT2D eigenvalue weighted by molar-refractivity contribution is 7.80. The largest absolute Gasteiger partial charge is 0.376 e. The Kier molecular flexibility index (Phi) is 3.90. The summed E-state index contributed by atoms with van der Waals surface area (Å²) < 4.78 is 0. The summed E-state index contributed by atoms with van der Waals surface area (Å²) in [6.45, 7) is 0. The van der Waals surface area contributed by atoms with Crippen LogP contribution in [0.5, 0.6) is 0 Å². The molecule has 0 atom stereocenters. The number of nitro benzene ring substituents is 1. The van der Waals surface area contributed by atoms with Crippen LogP contribution in [0.2, 0.25) is 0 Å². The van der Waals surface area contributed by atoms with Crippen LogP contribution in [0.25, 0.3) is 0 Å². The van der Waals surface area contributed by atoms with E-state index in [1.54, 1.807) is 0 Å². The minimum atomic E-state index is -0.501. The number of thiocarbonyl (C=S) groups is 1. The highest BCUT2D eigenvalue weighted by Crippen LogP contribution is 2.12. The number of hydrogen-bond acceptors (Lipinski definition) is 4. The predicted octanol–water partition coefficient (Wildman–Crippen LogP) is 0.497. The molecule has 0 heterocycles. The third-order valence-electron chi connectivity index (χ3n) is 1.77. The smallest absolute Gasteiger partial charge is 0.269 e. The number of amides is 1. The molecule has 0 saturated heterocycles. The Labute approximate surface area is 96.6 Å². The molecule has 0 saturated carbocycles. The maximum Gasteiger partial charge on any atom is 0.269 e. The van der Waals surface area contributed by atoms with Crippen molar-refractivity contribution in [3.05, 3.63) is 39.9 Å². The van der Waals surface area contributed by atoms with E-state index >= 15 is 0 Å². The molecule has 1 aromatic carbocycles. The van der Waals surface area contributed by atoms with Crippen molar-refractivity contribution >= 4 is 28.9 Å². The van der Waals surface area contributed by atoms with Gasteiger partial charge in [-0.1, -0.05) is 12.1 Å². The van der Waals surface area contributed by atoms with Crippen LogP contribution in [0.1, 0.15) is 5.56 Å². The van der Waals surface area contributed by atoms with Gasteiger partial charge in [0.1, 0.15) is 0 Å². The summed E-state index contributed by atoms with van der Waals surface area (Å²) in [5, 5.41) is 12.5. The third-order valence-corrected chi connectivity index (χ3v) is 1.88. The van der Waals surface area contributed by atoms with Gasteiger partial charge in [-0.05, 0) is 17.8 Å². The lowest BCUT2D eigenvalue weighted by Crippen LogP contribution is -2.35. The van der Waals surface area contributed by atoms with Gasteiger partial charge < -0.3 is 11.1 Å². The molecule has 0 aliphatic rings. The molecule has 0 aliphatic heterocycles. The molecule has 84 valence electrons. The van der Waals surface area contributed by atoms with E-state index in [2.05, 4.69) is 17.5 Å². The SMILES string of the molecule is NC(=S)NC(=O)Cc1ccc([N+](=O)[O-])cc1. The highest BCUT2D eigenvalue weighted by Gasteiger charge is 2.07. The van der Waals surface area contributed by atoms with E-state index in [1.165, 1.54) is 24.3 Å². The van der Waals surface area contributed by atoms with Gasteiger partial charge in [0.2, 0.25) is 5.91 Å². The molecule has 0 fully saturated rings. The molecule has 7 heteroatoms. The van der Waals surface area contributed by atoms with E-state index in [4.69, 9.17) is 5.73 Å². The Hall–Kier alpha value is -2.02. The van der Waals surface area contributed by atoms with Gasteiger partial charge in [-0.25, -0.2) is 0 Å². The zero-order valence-electron chi connectivity index (χ0n) is 8.17. The minimum Gasteiger partial charge on any atom is -0.376 e. The first-order valence-corrected chi connectivity index (χ1v) is 4.72. The number of nitrogens with zero attached hydrogens (tertiary/aromatic N) is 1. The maximum absolute atomic E-state index is 11.2. The zero-order valence-corrected chi connectivity index (χ0v) is 8.99. The quantitative estimate of drug-likeness (QED) is 0.454. The molecule has 0 spiro atoms. The van der Waals surface area contributed by atoms with Crippen molar-refractivity contribution in [1.82, 2.24) is 5.32 Å². The van der Waals surface area contributed by atoms with E-state index in [0.29, 0.717) is 5.56 Å². The summed E-state index contributed by atoms with van der Waals surface area (Å²) in [4.78, 5) is 21.1. The summed E-state index contributed by atoms with van der Waals surface area (Å²) in [6, 6.07) is 5.70. The van der Waals surface area contributed by atoms with Crippen molar-refractivity contribution in [1.29, 1.82) is 0 Å². The fourth-order valence-corrected chi connectivity index (χ4v) is 1.22. The van der Waals surface area contributed by atoms with Crippen LogP contribution >= 0.6 is 12.2 Å². The van der Waals surface area contributed by atoms with Crippen LogP contribution in [0.4, 0.5) is 5.69 Å². The second-order valence-corrected chi connectivity index (χ2v) is 3.45. The number of nitrogens with two attached hydrogens (primary N) is 1. The van der Waals surface area contributed by atoms with Gasteiger partial charge >= 0.3 is 0 Å². The predicted molar refractivity (Wildman–Crippen MR) is 61.7 cm³/mol. The first kappa shape index (κ1) is 12.1. The van der Waals surface area contributed by atoms with E-state index in [9.17, 15) is 14.9 Å². The lowest BCUT2D eigenvalue weighted by molar-refractivity contribution is -0.384. The number of carbonyl (C=O) groups is 1. The molecule has 0 aromatic heterocycles. The Morgan fingerprint density at radius 1 is 1.44 bits per heavy atom. The van der Waals surface area contributed by atoms with Gasteiger partial charge in [-0.2, -0.15) is 0 Å². The van der Waals surface area contributed by atoms with Crippen molar-refractivity contribution in [3.8, 4) is 0 Å². The van der Waals surface area contributed by atoms with Gasteiger partial charge in [0.25, 0.3) is 5.69 Å². The fraction of sp³-hybridized carbons (Fsp3) is 0.111. The van der Waals surface area contributed by atoms with E-state index in [-0.39, 0.29) is 23.1 Å². The van der Waals surface area contributed by atoms with Crippen molar-refractivity contribution in [3.63, 3.8) is 0 Å². The normalized spacial score (nSPS) is 9.50. The standard InChI is InChI=1S/C9H9N3O3S/c10-9(16)11-8(13)5-6-1-3-7(4-2-6)12(14)15/h1-4H,5H2,(H3,10,11,13,16). The second-order valence-electron chi connectivity index (χ2n) is 3.01. The van der Waals surface area contributed by atoms with Gasteiger partial charge in [-0.3, -0.25) is 14.9 Å². The van der Waals surface area contributed by atoms with Gasteiger partial charge in [-0.15, -0.1) is 0 Å². The van der Waals surface area contributed by atoms with Crippen LogP contribution in [-0.2, 0) is 11.2 Å². The molecule has 0 radical (unpaired) electrons. The first-order chi connectivity index (χ1) is 7.49. The van der Waals surface area contributed by atoms with Crippen LogP contribution in [0.3, 0.4) is 0 Å². The topological polar surface area (TPSA) is 98.3 Å². The molecule has 1 aromatic rings. The Morgan fingerprint density at radius 3 is 2.44 bits per heavy atom. The number of nitro groups is 1. The van der Waals surface area contributed by atoms with E-state index < -0.39 is 4.92 Å². The molecular formula is C9H9N3O3S. The molecule has 0 aliphatic carbocycles. The Bertz CT molecular complexity index is 430. The number of hydrogen-bond donors (Lipinski definition) is 2. The fourth-order valence-electron chi connectivity index (χ4n) is 1.10. The molecule has 0 bridgehead atoms. The van der Waals surface area contributed by atoms with Gasteiger partial charge in [0, 0.05) is 12.1 Å². The lowest BCUT2D eigenvalue weighted by atomic mass is 10.1. The van der Waals surface area contributed by atoms with Crippen LogP contribution in [0.15, 0.2) is 24.3 Å². The summed E-state index contributed by atoms with van der Waals surface area (Å²) >= 11 is 4.50. The number of carbonyl (C=O) groups excluding carboxylic acids is 1. The average molecular weight is 239 g/mol. The summed E-state index contributed by atoms with van der Waals surface area (Å²) in [7, 11) is 0. The average Bonchev–Trinajstić information content (AvgIpc) is 2.16. The number of benzene rings is 1. The highest BCUT2D eigenvalue weighted by atomic mass is 32.1. The van der Waals surface area contributed by atoms with Crippen LogP contribution in [0, 0.1) is 10.1 Å². The van der Waals surface area contributed by atoms with Gasteiger partial charge in [0.05, 0.1) is 11.3 Å². The van der Waals surface area contributed by atoms with Crippen molar-refractivity contribution in [2.24, 2.45) is 5.73 Å². The van der Waals surface area contributed by atoms with E-state index in [0.717, 1.165) is 0 Å². The molecule has 6 nitrogen and oxygen atoms in total. The number of rotatable bonds is 3. The molecule has 16 heavy (non-hydrogen) atoms. The minimum absolute atomic E-state index is 0.0153. The first-order valence-electron chi connectivity index (χ1n) is 4.31. The molecule has 0 unspecified atom stereocenters. The zero-order chi connectivity index (χ0) is 12.1. The third kappa shape index (κ3) is 3.62. The maximum atomic E-state index is 11.2. The Balaban J connectivity index is 2.65. The van der Waals surface area contributed by atoms with Gasteiger partial charge in [0.15, 0.2) is 5.11 Å². The summed E-state index contributed by atoms with van der Waals surface area (Å²) in [5.41, 5.74) is 5.76. The lowest BCUT2D eigenvalue weighted by Gasteiger charge is -2.02. The van der Waals surface area contributed by atoms with Crippen molar-refractivity contribution < 1.29 is 9.72 Å². The molecule has 3 N–H and O–H groups in total. The summed E-state index contributed by atoms with van der Waals surface area (Å²) in [5.74, 6) is -0.346. The Morgan fingerprint density at radius 2 is 2.00 bits per heavy atom. The molecular weight excluding hydrogens is 230 g/mol. The second kappa shape index (κ2) is 5.17. The molecule has 1 rings (SSSR count). The monoisotopic (exact) mass is 239 g/mol. The van der Waals surface area contributed by atoms with Crippen molar-refractivity contribution in [2.45, 2.75) is 6.42 Å². The number of nitrogens with one attached hydrogen (secondary N) is 1. The summed E-state index contributed by atoms with van der Waals surface area (Å²) in [6.07, 6.45) is 0.0787. The van der Waals surface area contributed by atoms with Crippen LogP contribution < -0.4 is 11.1 Å². The van der Waals surface area contributed by atoms with Crippen LogP contribution in [-0.4, -0.2) is 15.9 Å². The van der Waals surface area contributed by atoms with Crippen molar-refractivity contribution in [2.75, 3.05) is 0 Å². The number of non-ortho nitro benzene ring substituents is 1.